The lowest BCUT2D eigenvalue weighted by molar-refractivity contribution is 0.408. The van der Waals surface area contributed by atoms with Gasteiger partial charge in [0.2, 0.25) is 5.76 Å². The second-order valence-electron chi connectivity index (χ2n) is 3.34. The minimum absolute atomic E-state index is 0.716. The molecule has 4 heteroatoms. The van der Waals surface area contributed by atoms with Crippen molar-refractivity contribution in [3.63, 3.8) is 0 Å². The minimum atomic E-state index is 0.716. The van der Waals surface area contributed by atoms with E-state index in [1.807, 2.05) is 19.1 Å². The molecule has 15 heavy (non-hydrogen) atoms. The molecule has 0 saturated heterocycles. The molecule has 0 saturated carbocycles. The minimum Gasteiger partial charge on any atom is -0.461 e. The predicted molar refractivity (Wildman–Crippen MR) is 56.3 cm³/mol. The molecule has 0 amide bonds. The van der Waals surface area contributed by atoms with Crippen molar-refractivity contribution in [2.24, 2.45) is 0 Å². The number of hydrogen-bond acceptors (Lipinski definition) is 4. The summed E-state index contributed by atoms with van der Waals surface area (Å²) < 4.78 is 10.5. The lowest BCUT2D eigenvalue weighted by atomic mass is 10.2. The molecule has 2 aromatic heterocycles. The first kappa shape index (κ1) is 9.98. The van der Waals surface area contributed by atoms with Crippen molar-refractivity contribution in [2.45, 2.75) is 20.4 Å². The normalized spacial score (nSPS) is 10.8. The van der Waals surface area contributed by atoms with E-state index in [2.05, 4.69) is 17.4 Å². The predicted octanol–water partition coefficient (Wildman–Crippen LogP) is 2.35. The van der Waals surface area contributed by atoms with E-state index < -0.39 is 0 Å². The van der Waals surface area contributed by atoms with Crippen LogP contribution in [0.5, 0.6) is 0 Å². The van der Waals surface area contributed by atoms with Crippen molar-refractivity contribution in [1.82, 2.24) is 10.5 Å². The Bertz CT molecular complexity index is 418. The summed E-state index contributed by atoms with van der Waals surface area (Å²) in [5.41, 5.74) is 1.97. The van der Waals surface area contributed by atoms with Crippen LogP contribution >= 0.6 is 0 Å². The van der Waals surface area contributed by atoms with Crippen LogP contribution < -0.4 is 5.32 Å². The van der Waals surface area contributed by atoms with Crippen LogP contribution in [0, 0.1) is 6.92 Å². The van der Waals surface area contributed by atoms with E-state index in [1.54, 1.807) is 6.26 Å². The Morgan fingerprint density at radius 1 is 1.47 bits per heavy atom. The smallest absolute Gasteiger partial charge is 0.205 e. The Morgan fingerprint density at radius 2 is 2.33 bits per heavy atom. The first-order chi connectivity index (χ1) is 7.33. The SMILES string of the molecule is CCNCc1noc(-c2ccco2)c1C. The molecule has 2 aromatic rings. The van der Waals surface area contributed by atoms with E-state index in [9.17, 15) is 0 Å². The first-order valence-electron chi connectivity index (χ1n) is 5.02. The van der Waals surface area contributed by atoms with Gasteiger partial charge >= 0.3 is 0 Å². The maximum absolute atomic E-state index is 5.26. The van der Waals surface area contributed by atoms with Gasteiger partial charge in [-0.2, -0.15) is 0 Å². The van der Waals surface area contributed by atoms with Gasteiger partial charge in [-0.15, -0.1) is 0 Å². The fourth-order valence-corrected chi connectivity index (χ4v) is 1.41. The fraction of sp³-hybridized carbons (Fsp3) is 0.364. The first-order valence-corrected chi connectivity index (χ1v) is 5.02. The Hall–Kier alpha value is -1.55. The number of nitrogens with one attached hydrogen (secondary N) is 1. The Balaban J connectivity index is 2.24. The van der Waals surface area contributed by atoms with Crippen LogP contribution in [0.15, 0.2) is 27.3 Å². The highest BCUT2D eigenvalue weighted by atomic mass is 16.5. The van der Waals surface area contributed by atoms with Gasteiger partial charge in [0.1, 0.15) is 5.69 Å². The summed E-state index contributed by atoms with van der Waals surface area (Å²) in [6, 6.07) is 3.70. The Kier molecular flexibility index (Phi) is 2.87. The number of nitrogens with zero attached hydrogens (tertiary/aromatic N) is 1. The van der Waals surface area contributed by atoms with E-state index in [0.717, 1.165) is 30.1 Å². The van der Waals surface area contributed by atoms with Gasteiger partial charge in [0, 0.05) is 12.1 Å². The van der Waals surface area contributed by atoms with Gasteiger partial charge in [-0.05, 0) is 25.6 Å². The van der Waals surface area contributed by atoms with Gasteiger partial charge in [-0.3, -0.25) is 0 Å². The zero-order valence-corrected chi connectivity index (χ0v) is 8.91. The highest BCUT2D eigenvalue weighted by molar-refractivity contribution is 5.55. The standard InChI is InChI=1S/C11H14N2O2/c1-3-12-7-9-8(2)11(15-13-9)10-5-4-6-14-10/h4-6,12H,3,7H2,1-2H3. The molecule has 2 heterocycles. The van der Waals surface area contributed by atoms with Crippen molar-refractivity contribution >= 4 is 0 Å². The molecule has 0 aromatic carbocycles. The third kappa shape index (κ3) is 1.94. The number of hydrogen-bond donors (Lipinski definition) is 1. The zero-order valence-electron chi connectivity index (χ0n) is 8.91. The summed E-state index contributed by atoms with van der Waals surface area (Å²) in [7, 11) is 0. The van der Waals surface area contributed by atoms with Gasteiger partial charge in [0.15, 0.2) is 5.76 Å². The average Bonchev–Trinajstić information content (AvgIpc) is 2.84. The van der Waals surface area contributed by atoms with Crippen LogP contribution in [-0.2, 0) is 6.54 Å². The molecule has 80 valence electrons. The highest BCUT2D eigenvalue weighted by Gasteiger charge is 2.14. The number of furan rings is 1. The molecule has 2 rings (SSSR count). The van der Waals surface area contributed by atoms with Crippen LogP contribution in [0.2, 0.25) is 0 Å². The van der Waals surface area contributed by atoms with E-state index >= 15 is 0 Å². The van der Waals surface area contributed by atoms with E-state index in [0.29, 0.717) is 5.76 Å². The zero-order chi connectivity index (χ0) is 10.7. The van der Waals surface area contributed by atoms with Gasteiger partial charge in [-0.25, -0.2) is 0 Å². The molecule has 0 aliphatic carbocycles. The monoisotopic (exact) mass is 206 g/mol. The van der Waals surface area contributed by atoms with Gasteiger partial charge < -0.3 is 14.3 Å². The third-order valence-electron chi connectivity index (χ3n) is 2.31. The van der Waals surface area contributed by atoms with E-state index in [4.69, 9.17) is 8.94 Å². The summed E-state index contributed by atoms with van der Waals surface area (Å²) in [5, 5.41) is 7.22. The molecule has 4 nitrogen and oxygen atoms in total. The lowest BCUT2D eigenvalue weighted by Crippen LogP contribution is -2.12. The van der Waals surface area contributed by atoms with Crippen molar-refractivity contribution in [2.75, 3.05) is 6.54 Å². The highest BCUT2D eigenvalue weighted by Crippen LogP contribution is 2.25. The number of aromatic nitrogens is 1. The van der Waals surface area contributed by atoms with Gasteiger partial charge in [0.25, 0.3) is 0 Å². The second-order valence-corrected chi connectivity index (χ2v) is 3.34. The molecule has 0 radical (unpaired) electrons. The molecule has 0 aliphatic heterocycles. The molecule has 0 bridgehead atoms. The van der Waals surface area contributed by atoms with Crippen molar-refractivity contribution in [1.29, 1.82) is 0 Å². The quantitative estimate of drug-likeness (QED) is 0.834. The van der Waals surface area contributed by atoms with E-state index in [-0.39, 0.29) is 0 Å². The van der Waals surface area contributed by atoms with E-state index in [1.165, 1.54) is 0 Å². The molecular formula is C11H14N2O2. The fourth-order valence-electron chi connectivity index (χ4n) is 1.41. The molecular weight excluding hydrogens is 192 g/mol. The molecule has 1 N–H and O–H groups in total. The summed E-state index contributed by atoms with van der Waals surface area (Å²) >= 11 is 0. The van der Waals surface area contributed by atoms with Crippen LogP contribution in [0.1, 0.15) is 18.2 Å². The summed E-state index contributed by atoms with van der Waals surface area (Å²) in [5.74, 6) is 1.44. The van der Waals surface area contributed by atoms with Crippen molar-refractivity contribution in [3.05, 3.63) is 29.7 Å². The van der Waals surface area contributed by atoms with Crippen LogP contribution in [0.25, 0.3) is 11.5 Å². The third-order valence-corrected chi connectivity index (χ3v) is 2.31. The topological polar surface area (TPSA) is 51.2 Å². The number of rotatable bonds is 4. The molecule has 0 unspecified atom stereocenters. The average molecular weight is 206 g/mol. The molecule has 0 fully saturated rings. The summed E-state index contributed by atoms with van der Waals surface area (Å²) in [6.07, 6.45) is 1.63. The maximum Gasteiger partial charge on any atom is 0.205 e. The van der Waals surface area contributed by atoms with Crippen molar-refractivity contribution < 1.29 is 8.94 Å². The summed E-state index contributed by atoms with van der Waals surface area (Å²) in [4.78, 5) is 0. The molecule has 0 spiro atoms. The Labute approximate surface area is 88.3 Å². The van der Waals surface area contributed by atoms with Crippen LogP contribution in [0.4, 0.5) is 0 Å². The summed E-state index contributed by atoms with van der Waals surface area (Å²) in [6.45, 7) is 5.69. The van der Waals surface area contributed by atoms with Gasteiger partial charge in [0.05, 0.1) is 6.26 Å². The largest absolute Gasteiger partial charge is 0.461 e. The second kappa shape index (κ2) is 4.31. The van der Waals surface area contributed by atoms with Gasteiger partial charge in [-0.1, -0.05) is 12.1 Å². The maximum atomic E-state index is 5.26. The Morgan fingerprint density at radius 3 is 3.00 bits per heavy atom. The molecule has 0 atom stereocenters. The van der Waals surface area contributed by atoms with Crippen molar-refractivity contribution in [3.8, 4) is 11.5 Å². The molecule has 0 aliphatic rings. The van der Waals surface area contributed by atoms with Crippen LogP contribution in [-0.4, -0.2) is 11.7 Å². The lowest BCUT2D eigenvalue weighted by Gasteiger charge is -1.97. The van der Waals surface area contributed by atoms with Crippen LogP contribution in [0.3, 0.4) is 0 Å².